The summed E-state index contributed by atoms with van der Waals surface area (Å²) < 4.78 is 0. The number of carbonyl (C=O) groups is 2. The number of allylic oxidation sites excluding steroid dienone is 1. The molecule has 0 unspecified atom stereocenters. The number of carbonyl (C=O) groups excluding carboxylic acids is 1. The van der Waals surface area contributed by atoms with Crippen molar-refractivity contribution in [2.75, 3.05) is 0 Å². The number of carboxylic acids is 1. The normalized spacial score (nSPS) is 45.4. The quantitative estimate of drug-likeness (QED) is 0.809. The third-order valence-electron chi connectivity index (χ3n) is 7.59. The van der Waals surface area contributed by atoms with Gasteiger partial charge in [0.05, 0.1) is 11.0 Å². The Morgan fingerprint density at radius 1 is 1.25 bits per heavy atom. The first kappa shape index (κ1) is 17.7. The Kier molecular flexibility index (Phi) is 3.99. The lowest BCUT2D eigenvalue weighted by Gasteiger charge is -2.58. The molecule has 2 fully saturated rings. The minimum atomic E-state index is -0.907. The van der Waals surface area contributed by atoms with Crippen LogP contribution in [0, 0.1) is 28.6 Å². The molecule has 3 aliphatic carbocycles. The number of rotatable bonds is 2. The highest BCUT2D eigenvalue weighted by atomic mass is 16.4. The Morgan fingerprint density at radius 3 is 2.50 bits per heavy atom. The maximum Gasteiger partial charge on any atom is 0.309 e. The van der Waals surface area contributed by atoms with Crippen molar-refractivity contribution in [3.63, 3.8) is 0 Å². The summed E-state index contributed by atoms with van der Waals surface area (Å²) in [4.78, 5) is 24.8. The minimum absolute atomic E-state index is 0.0515. The van der Waals surface area contributed by atoms with Crippen LogP contribution in [-0.2, 0) is 9.59 Å². The van der Waals surface area contributed by atoms with Crippen LogP contribution in [0.3, 0.4) is 0 Å². The van der Waals surface area contributed by atoms with E-state index in [0.29, 0.717) is 19.3 Å². The maximum absolute atomic E-state index is 12.9. The van der Waals surface area contributed by atoms with Crippen LogP contribution in [0.2, 0.25) is 0 Å². The lowest BCUT2D eigenvalue weighted by atomic mass is 9.45. The summed E-state index contributed by atoms with van der Waals surface area (Å²) in [6, 6.07) is 0. The first-order valence-corrected chi connectivity index (χ1v) is 9.26. The Hall–Kier alpha value is -1.16. The summed E-state index contributed by atoms with van der Waals surface area (Å²) in [7, 11) is 0. The second kappa shape index (κ2) is 5.42. The van der Waals surface area contributed by atoms with Crippen LogP contribution in [0.15, 0.2) is 11.6 Å². The molecule has 0 heterocycles. The zero-order valence-corrected chi connectivity index (χ0v) is 15.3. The summed E-state index contributed by atoms with van der Waals surface area (Å²) in [6.45, 7) is 7.98. The molecule has 0 radical (unpaired) electrons. The van der Waals surface area contributed by atoms with Gasteiger partial charge in [-0.1, -0.05) is 27.2 Å². The minimum Gasteiger partial charge on any atom is -0.481 e. The van der Waals surface area contributed by atoms with Gasteiger partial charge in [0, 0.05) is 6.42 Å². The van der Waals surface area contributed by atoms with Gasteiger partial charge in [0.1, 0.15) is 0 Å². The number of hydrogen-bond donors (Lipinski definition) is 2. The molecule has 3 rings (SSSR count). The van der Waals surface area contributed by atoms with E-state index in [2.05, 4.69) is 6.92 Å². The van der Waals surface area contributed by atoms with E-state index in [4.69, 9.17) is 0 Å². The standard InChI is InChI=1S/C20H30O4/c1-12(2)20(24)9-6-14-13(11-20)15(21)10-16-18(14,3)7-5-8-19(16,4)17(22)23/h11-12,14,16,24H,5-10H2,1-4H3,(H,22,23)/t14-,16+,18+,19+,20+/m0/s1. The van der Waals surface area contributed by atoms with Crippen LogP contribution in [0.25, 0.3) is 0 Å². The van der Waals surface area contributed by atoms with Crippen molar-refractivity contribution in [1.82, 2.24) is 0 Å². The van der Waals surface area contributed by atoms with Crippen molar-refractivity contribution >= 4 is 11.8 Å². The number of hydrogen-bond acceptors (Lipinski definition) is 3. The highest BCUT2D eigenvalue weighted by Crippen LogP contribution is 2.62. The van der Waals surface area contributed by atoms with Crippen molar-refractivity contribution in [3.8, 4) is 0 Å². The van der Waals surface area contributed by atoms with E-state index in [0.717, 1.165) is 24.8 Å². The van der Waals surface area contributed by atoms with E-state index in [1.165, 1.54) is 0 Å². The molecule has 0 spiro atoms. The molecule has 24 heavy (non-hydrogen) atoms. The van der Waals surface area contributed by atoms with Gasteiger partial charge in [-0.05, 0) is 67.4 Å². The van der Waals surface area contributed by atoms with Crippen molar-refractivity contribution in [3.05, 3.63) is 11.6 Å². The second-order valence-electron chi connectivity index (χ2n) is 9.10. The van der Waals surface area contributed by atoms with Crippen LogP contribution in [0.4, 0.5) is 0 Å². The molecule has 0 bridgehead atoms. The highest BCUT2D eigenvalue weighted by Gasteiger charge is 2.60. The van der Waals surface area contributed by atoms with Gasteiger partial charge in [-0.15, -0.1) is 0 Å². The molecule has 5 atom stereocenters. The average Bonchev–Trinajstić information content (AvgIpc) is 2.49. The first-order valence-electron chi connectivity index (χ1n) is 9.26. The van der Waals surface area contributed by atoms with Crippen molar-refractivity contribution in [1.29, 1.82) is 0 Å². The van der Waals surface area contributed by atoms with E-state index in [9.17, 15) is 19.8 Å². The molecule has 134 valence electrons. The van der Waals surface area contributed by atoms with Gasteiger partial charge in [-0.25, -0.2) is 0 Å². The van der Waals surface area contributed by atoms with Crippen molar-refractivity contribution in [2.24, 2.45) is 28.6 Å². The third kappa shape index (κ3) is 2.29. The van der Waals surface area contributed by atoms with Gasteiger partial charge in [-0.2, -0.15) is 0 Å². The fourth-order valence-electron chi connectivity index (χ4n) is 5.74. The average molecular weight is 334 g/mol. The summed E-state index contributed by atoms with van der Waals surface area (Å²) in [5.41, 5.74) is -1.12. The molecular weight excluding hydrogens is 304 g/mol. The number of Topliss-reactive ketones (excluding diaryl/α,β-unsaturated/α-hetero) is 1. The molecule has 0 amide bonds. The van der Waals surface area contributed by atoms with Gasteiger partial charge < -0.3 is 10.2 Å². The van der Waals surface area contributed by atoms with Crippen molar-refractivity contribution < 1.29 is 19.8 Å². The molecule has 4 heteroatoms. The van der Waals surface area contributed by atoms with Crippen LogP contribution in [0.1, 0.15) is 66.2 Å². The van der Waals surface area contributed by atoms with E-state index >= 15 is 0 Å². The third-order valence-corrected chi connectivity index (χ3v) is 7.59. The van der Waals surface area contributed by atoms with Crippen LogP contribution >= 0.6 is 0 Å². The van der Waals surface area contributed by atoms with E-state index in [1.807, 2.05) is 26.8 Å². The van der Waals surface area contributed by atoms with Gasteiger partial charge >= 0.3 is 5.97 Å². The SMILES string of the molecule is CC(C)[C@]1(O)C=C2C(=O)C[C@@H]3[C@](C)(CCC[C@@]3(C)C(=O)O)[C@H]2CC1. The smallest absolute Gasteiger partial charge is 0.309 e. The number of carboxylic acid groups (broad SMARTS) is 1. The molecule has 0 aromatic heterocycles. The summed E-state index contributed by atoms with van der Waals surface area (Å²) in [5.74, 6) is -0.679. The number of fused-ring (bicyclic) bond motifs is 3. The molecule has 2 saturated carbocycles. The van der Waals surface area contributed by atoms with E-state index in [-0.39, 0.29) is 29.0 Å². The maximum atomic E-state index is 12.9. The van der Waals surface area contributed by atoms with Crippen LogP contribution < -0.4 is 0 Å². The molecular formula is C20H30O4. The monoisotopic (exact) mass is 334 g/mol. The van der Waals surface area contributed by atoms with Gasteiger partial charge in [-0.3, -0.25) is 9.59 Å². The molecule has 2 N–H and O–H groups in total. The Balaban J connectivity index is 2.05. The predicted molar refractivity (Wildman–Crippen MR) is 91.4 cm³/mol. The molecule has 0 aromatic rings. The predicted octanol–water partition coefficient (Wildman–Crippen LogP) is 3.58. The summed E-state index contributed by atoms with van der Waals surface area (Å²) in [6.07, 6.45) is 6.06. The van der Waals surface area contributed by atoms with Crippen LogP contribution in [-0.4, -0.2) is 27.6 Å². The number of aliphatic carboxylic acids is 1. The lowest BCUT2D eigenvalue weighted by molar-refractivity contribution is -0.166. The van der Waals surface area contributed by atoms with E-state index in [1.54, 1.807) is 0 Å². The zero-order chi connectivity index (χ0) is 17.9. The van der Waals surface area contributed by atoms with E-state index < -0.39 is 17.0 Å². The Morgan fingerprint density at radius 2 is 1.92 bits per heavy atom. The lowest BCUT2D eigenvalue weighted by Crippen LogP contribution is -2.57. The highest BCUT2D eigenvalue weighted by molar-refractivity contribution is 5.98. The fourth-order valence-corrected chi connectivity index (χ4v) is 5.74. The molecule has 0 aromatic carbocycles. The fraction of sp³-hybridized carbons (Fsp3) is 0.800. The molecule has 3 aliphatic rings. The van der Waals surface area contributed by atoms with Gasteiger partial charge in [0.2, 0.25) is 0 Å². The van der Waals surface area contributed by atoms with Crippen LogP contribution in [0.5, 0.6) is 0 Å². The van der Waals surface area contributed by atoms with Gasteiger partial charge in [0.15, 0.2) is 5.78 Å². The summed E-state index contributed by atoms with van der Waals surface area (Å²) in [5, 5.41) is 20.7. The summed E-state index contributed by atoms with van der Waals surface area (Å²) >= 11 is 0. The van der Waals surface area contributed by atoms with Gasteiger partial charge in [0.25, 0.3) is 0 Å². The Bertz CT molecular complexity index is 607. The number of aliphatic hydroxyl groups is 1. The first-order chi connectivity index (χ1) is 11.0. The zero-order valence-electron chi connectivity index (χ0n) is 15.3. The molecule has 4 nitrogen and oxygen atoms in total. The second-order valence-corrected chi connectivity index (χ2v) is 9.10. The van der Waals surface area contributed by atoms with Crippen molar-refractivity contribution in [2.45, 2.75) is 71.8 Å². The number of ketones is 1. The largest absolute Gasteiger partial charge is 0.481 e. The Labute approximate surface area is 144 Å². The molecule has 0 saturated heterocycles. The molecule has 0 aliphatic heterocycles. The topological polar surface area (TPSA) is 74.6 Å².